The van der Waals surface area contributed by atoms with Crippen LogP contribution in [0.2, 0.25) is 0 Å². The standard InChI is InChI=1S/C13H21N5S/c1-10(2)18-6-11(5-16-18)13(4-14)17(3)7-12-8-19-9-15-12/h5-6,8-10,13H,4,7,14H2,1-3H3. The summed E-state index contributed by atoms with van der Waals surface area (Å²) in [5, 5.41) is 6.46. The summed E-state index contributed by atoms with van der Waals surface area (Å²) < 4.78 is 1.97. The predicted molar refractivity (Wildman–Crippen MR) is 78.0 cm³/mol. The molecule has 0 aromatic carbocycles. The molecular formula is C13H21N5S. The van der Waals surface area contributed by atoms with E-state index in [2.05, 4.69) is 47.5 Å². The molecule has 1 atom stereocenters. The lowest BCUT2D eigenvalue weighted by molar-refractivity contribution is 0.239. The molecule has 1 unspecified atom stereocenters. The number of nitrogens with two attached hydrogens (primary N) is 1. The van der Waals surface area contributed by atoms with E-state index in [9.17, 15) is 0 Å². The Balaban J connectivity index is 2.09. The van der Waals surface area contributed by atoms with Crippen LogP contribution in [0.4, 0.5) is 0 Å². The van der Waals surface area contributed by atoms with Gasteiger partial charge in [-0.2, -0.15) is 5.10 Å². The van der Waals surface area contributed by atoms with E-state index in [4.69, 9.17) is 5.73 Å². The Labute approximate surface area is 118 Å². The Morgan fingerprint density at radius 1 is 1.47 bits per heavy atom. The zero-order chi connectivity index (χ0) is 13.8. The van der Waals surface area contributed by atoms with E-state index in [1.54, 1.807) is 11.3 Å². The van der Waals surface area contributed by atoms with Gasteiger partial charge in [-0.3, -0.25) is 9.58 Å². The number of thiazole rings is 1. The zero-order valence-electron chi connectivity index (χ0n) is 11.7. The molecule has 6 heteroatoms. The molecule has 104 valence electrons. The maximum absolute atomic E-state index is 5.92. The summed E-state index contributed by atoms with van der Waals surface area (Å²) >= 11 is 1.62. The van der Waals surface area contributed by atoms with Crippen molar-refractivity contribution in [1.29, 1.82) is 0 Å². The van der Waals surface area contributed by atoms with Gasteiger partial charge in [0.15, 0.2) is 0 Å². The SMILES string of the molecule is CC(C)n1cc(C(CN)N(C)Cc2cscn2)cn1. The summed E-state index contributed by atoms with van der Waals surface area (Å²) in [4.78, 5) is 6.53. The Morgan fingerprint density at radius 2 is 2.26 bits per heavy atom. The van der Waals surface area contributed by atoms with Crippen LogP contribution >= 0.6 is 11.3 Å². The molecule has 0 radical (unpaired) electrons. The summed E-state index contributed by atoms with van der Waals surface area (Å²) in [6.07, 6.45) is 3.99. The van der Waals surface area contributed by atoms with E-state index in [1.165, 1.54) is 0 Å². The molecule has 0 amide bonds. The van der Waals surface area contributed by atoms with Crippen LogP contribution in [0, 0.1) is 0 Å². The smallest absolute Gasteiger partial charge is 0.0795 e. The molecule has 0 bridgehead atoms. The molecule has 0 spiro atoms. The number of hydrogen-bond donors (Lipinski definition) is 1. The van der Waals surface area contributed by atoms with Gasteiger partial charge in [0, 0.05) is 36.3 Å². The summed E-state index contributed by atoms with van der Waals surface area (Å²) in [5.74, 6) is 0. The van der Waals surface area contributed by atoms with E-state index in [1.807, 2.05) is 16.4 Å². The lowest BCUT2D eigenvalue weighted by Gasteiger charge is -2.25. The van der Waals surface area contributed by atoms with Crippen LogP contribution in [0.25, 0.3) is 0 Å². The van der Waals surface area contributed by atoms with Crippen LogP contribution in [0.5, 0.6) is 0 Å². The normalized spacial score (nSPS) is 13.4. The van der Waals surface area contributed by atoms with Crippen molar-refractivity contribution in [2.24, 2.45) is 5.73 Å². The van der Waals surface area contributed by atoms with Gasteiger partial charge in [0.05, 0.1) is 23.4 Å². The van der Waals surface area contributed by atoms with Crippen molar-refractivity contribution in [3.63, 3.8) is 0 Å². The molecule has 19 heavy (non-hydrogen) atoms. The number of hydrogen-bond acceptors (Lipinski definition) is 5. The highest BCUT2D eigenvalue weighted by molar-refractivity contribution is 7.07. The molecule has 2 aromatic heterocycles. The first kappa shape index (κ1) is 14.2. The minimum atomic E-state index is 0.175. The van der Waals surface area contributed by atoms with Crippen LogP contribution < -0.4 is 5.73 Å². The lowest BCUT2D eigenvalue weighted by Crippen LogP contribution is -2.30. The number of aromatic nitrogens is 3. The minimum absolute atomic E-state index is 0.175. The Bertz CT molecular complexity index is 491. The van der Waals surface area contributed by atoms with E-state index >= 15 is 0 Å². The number of nitrogens with zero attached hydrogens (tertiary/aromatic N) is 4. The highest BCUT2D eigenvalue weighted by Crippen LogP contribution is 2.20. The average Bonchev–Trinajstić information content (AvgIpc) is 3.01. The highest BCUT2D eigenvalue weighted by atomic mass is 32.1. The topological polar surface area (TPSA) is 60.0 Å². The largest absolute Gasteiger partial charge is 0.329 e. The van der Waals surface area contributed by atoms with Crippen LogP contribution in [0.15, 0.2) is 23.3 Å². The van der Waals surface area contributed by atoms with Crippen molar-refractivity contribution in [1.82, 2.24) is 19.7 Å². The fraction of sp³-hybridized carbons (Fsp3) is 0.538. The second-order valence-electron chi connectivity index (χ2n) is 4.99. The molecular weight excluding hydrogens is 258 g/mol. The number of likely N-dealkylation sites (N-methyl/N-ethyl adjacent to an activating group) is 1. The third kappa shape index (κ3) is 3.40. The van der Waals surface area contributed by atoms with E-state index in [0.29, 0.717) is 12.6 Å². The molecule has 0 aliphatic heterocycles. The van der Waals surface area contributed by atoms with Gasteiger partial charge in [-0.25, -0.2) is 4.98 Å². The maximum Gasteiger partial charge on any atom is 0.0795 e. The molecule has 0 aliphatic rings. The molecule has 2 aromatic rings. The average molecular weight is 279 g/mol. The summed E-state index contributed by atoms with van der Waals surface area (Å²) in [6.45, 7) is 5.61. The van der Waals surface area contributed by atoms with Crippen LogP contribution in [0.3, 0.4) is 0 Å². The molecule has 0 saturated carbocycles. The van der Waals surface area contributed by atoms with Gasteiger partial charge in [0.25, 0.3) is 0 Å². The predicted octanol–water partition coefficient (Wildman–Crippen LogP) is 2.05. The van der Waals surface area contributed by atoms with Gasteiger partial charge in [0.2, 0.25) is 0 Å². The van der Waals surface area contributed by atoms with Gasteiger partial charge in [-0.1, -0.05) is 0 Å². The molecule has 2 N–H and O–H groups in total. The molecule has 2 rings (SSSR count). The van der Waals surface area contributed by atoms with E-state index < -0.39 is 0 Å². The summed E-state index contributed by atoms with van der Waals surface area (Å²) in [6, 6.07) is 0.547. The zero-order valence-corrected chi connectivity index (χ0v) is 12.5. The molecule has 0 aliphatic carbocycles. The molecule has 5 nitrogen and oxygen atoms in total. The van der Waals surface area contributed by atoms with Crippen LogP contribution in [0.1, 0.15) is 37.2 Å². The van der Waals surface area contributed by atoms with Gasteiger partial charge in [-0.05, 0) is 20.9 Å². The Hall–Kier alpha value is -1.24. The van der Waals surface area contributed by atoms with Crippen molar-refractivity contribution in [3.05, 3.63) is 34.5 Å². The quantitative estimate of drug-likeness (QED) is 0.879. The van der Waals surface area contributed by atoms with Gasteiger partial charge in [0.1, 0.15) is 0 Å². The highest BCUT2D eigenvalue weighted by Gasteiger charge is 2.18. The van der Waals surface area contributed by atoms with Gasteiger partial charge >= 0.3 is 0 Å². The minimum Gasteiger partial charge on any atom is -0.329 e. The third-order valence-corrected chi connectivity index (χ3v) is 3.82. The van der Waals surface area contributed by atoms with Crippen molar-refractivity contribution in [2.75, 3.05) is 13.6 Å². The van der Waals surface area contributed by atoms with Gasteiger partial charge < -0.3 is 5.73 Å². The van der Waals surface area contributed by atoms with Crippen molar-refractivity contribution in [3.8, 4) is 0 Å². The molecule has 0 saturated heterocycles. The second kappa shape index (κ2) is 6.27. The van der Waals surface area contributed by atoms with Crippen LogP contribution in [-0.2, 0) is 6.54 Å². The monoisotopic (exact) mass is 279 g/mol. The third-order valence-electron chi connectivity index (χ3n) is 3.19. The van der Waals surface area contributed by atoms with Gasteiger partial charge in [-0.15, -0.1) is 11.3 Å². The molecule has 2 heterocycles. The van der Waals surface area contributed by atoms with E-state index in [0.717, 1.165) is 17.8 Å². The first-order valence-corrected chi connectivity index (χ1v) is 7.37. The fourth-order valence-corrected chi connectivity index (χ4v) is 2.61. The summed E-state index contributed by atoms with van der Waals surface area (Å²) in [5.41, 5.74) is 10.0. The first-order chi connectivity index (χ1) is 9.11. The fourth-order valence-electron chi connectivity index (χ4n) is 2.06. The van der Waals surface area contributed by atoms with Crippen LogP contribution in [-0.4, -0.2) is 33.3 Å². The van der Waals surface area contributed by atoms with Crippen molar-refractivity contribution in [2.45, 2.75) is 32.5 Å². The second-order valence-corrected chi connectivity index (χ2v) is 5.71. The maximum atomic E-state index is 5.92. The first-order valence-electron chi connectivity index (χ1n) is 6.43. The van der Waals surface area contributed by atoms with Crippen molar-refractivity contribution >= 4 is 11.3 Å². The van der Waals surface area contributed by atoms with E-state index in [-0.39, 0.29) is 6.04 Å². The molecule has 0 fully saturated rings. The Kier molecular flexibility index (Phi) is 4.68. The summed E-state index contributed by atoms with van der Waals surface area (Å²) in [7, 11) is 2.07. The Morgan fingerprint density at radius 3 is 2.79 bits per heavy atom. The van der Waals surface area contributed by atoms with Crippen molar-refractivity contribution < 1.29 is 0 Å². The lowest BCUT2D eigenvalue weighted by atomic mass is 10.1. The number of rotatable bonds is 6.